The number of hydrogen-bond acceptors (Lipinski definition) is 6. The van der Waals surface area contributed by atoms with Gasteiger partial charge in [-0.15, -0.1) is 0 Å². The smallest absolute Gasteiger partial charge is 0.431 e. The van der Waals surface area contributed by atoms with E-state index in [1.54, 1.807) is 6.07 Å². The molecule has 0 radical (unpaired) electrons. The fourth-order valence-corrected chi connectivity index (χ4v) is 6.82. The molecule has 1 aliphatic carbocycles. The molecular formula is C32H42ClF3N4O4. The van der Waals surface area contributed by atoms with E-state index in [2.05, 4.69) is 22.0 Å². The largest absolute Gasteiger partial charge is 0.490 e. The number of carbonyl (C=O) groups excluding carboxylic acids is 1. The zero-order chi connectivity index (χ0) is 31.6. The number of hydrogen-bond donors (Lipinski definition) is 2. The molecule has 242 valence electrons. The van der Waals surface area contributed by atoms with Gasteiger partial charge < -0.3 is 29.6 Å². The number of nitrogens with zero attached hydrogens (tertiary/aromatic N) is 2. The van der Waals surface area contributed by atoms with E-state index in [1.165, 1.54) is 19.8 Å². The summed E-state index contributed by atoms with van der Waals surface area (Å²) in [6, 6.07) is 5.07. The maximum atomic E-state index is 13.5. The molecule has 0 atom stereocenters. The fraction of sp³-hybridized carbons (Fsp3) is 0.625. The molecule has 12 heteroatoms. The van der Waals surface area contributed by atoms with Crippen LogP contribution in [0.4, 0.5) is 18.9 Å². The first-order chi connectivity index (χ1) is 20.9. The average Bonchev–Trinajstić information content (AvgIpc) is 2.96. The monoisotopic (exact) mass is 638 g/mol. The van der Waals surface area contributed by atoms with E-state index in [0.717, 1.165) is 50.8 Å². The van der Waals surface area contributed by atoms with Gasteiger partial charge in [0.25, 0.3) is 11.5 Å². The van der Waals surface area contributed by atoms with Crippen molar-refractivity contribution in [3.8, 4) is 5.75 Å². The summed E-state index contributed by atoms with van der Waals surface area (Å²) in [6.07, 6.45) is 1.27. The Kier molecular flexibility index (Phi) is 10.2. The number of aromatic amines is 1. The van der Waals surface area contributed by atoms with Crippen LogP contribution in [-0.2, 0) is 17.5 Å². The van der Waals surface area contributed by atoms with Crippen LogP contribution >= 0.6 is 11.6 Å². The minimum absolute atomic E-state index is 0.0239. The van der Waals surface area contributed by atoms with Crippen LogP contribution in [0.5, 0.6) is 5.75 Å². The molecule has 0 bridgehead atoms. The summed E-state index contributed by atoms with van der Waals surface area (Å²) in [5, 5.41) is 2.96. The molecular weight excluding hydrogens is 597 g/mol. The molecule has 3 aliphatic rings. The van der Waals surface area contributed by atoms with E-state index in [0.29, 0.717) is 37.2 Å². The maximum Gasteiger partial charge on any atom is 0.431 e. The molecule has 44 heavy (non-hydrogen) atoms. The molecule has 2 aliphatic heterocycles. The number of aromatic nitrogens is 1. The highest BCUT2D eigenvalue weighted by Crippen LogP contribution is 2.39. The Bertz CT molecular complexity index is 1380. The molecule has 0 spiro atoms. The third-order valence-corrected chi connectivity index (χ3v) is 9.75. The van der Waals surface area contributed by atoms with Gasteiger partial charge in [0.15, 0.2) is 0 Å². The zero-order valence-electron chi connectivity index (χ0n) is 25.6. The average molecular weight is 639 g/mol. The topological polar surface area (TPSA) is 86.9 Å². The number of pyridine rings is 1. The van der Waals surface area contributed by atoms with Gasteiger partial charge in [-0.1, -0.05) is 18.5 Å². The number of likely N-dealkylation sites (tertiary alicyclic amines) is 1. The lowest BCUT2D eigenvalue weighted by Crippen LogP contribution is -2.51. The fourth-order valence-electron chi connectivity index (χ4n) is 6.52. The van der Waals surface area contributed by atoms with E-state index in [4.69, 9.17) is 21.1 Å². The minimum Gasteiger partial charge on any atom is -0.490 e. The van der Waals surface area contributed by atoms with Crippen LogP contribution in [0.15, 0.2) is 23.0 Å². The Morgan fingerprint density at radius 3 is 2.45 bits per heavy atom. The summed E-state index contributed by atoms with van der Waals surface area (Å²) in [5.74, 6) is 0.769. The number of halogens is 4. The number of alkyl halides is 3. The van der Waals surface area contributed by atoms with Gasteiger partial charge in [0.2, 0.25) is 0 Å². The Hall–Kier alpha value is -2.76. The molecule has 2 N–H and O–H groups in total. The predicted octanol–water partition coefficient (Wildman–Crippen LogP) is 5.93. The van der Waals surface area contributed by atoms with Gasteiger partial charge in [-0.2, -0.15) is 13.2 Å². The van der Waals surface area contributed by atoms with Crippen molar-refractivity contribution < 1.29 is 27.4 Å². The number of piperidine rings is 1. The van der Waals surface area contributed by atoms with Crippen molar-refractivity contribution in [3.63, 3.8) is 0 Å². The molecule has 8 nitrogen and oxygen atoms in total. The normalized spacial score (nSPS) is 22.0. The van der Waals surface area contributed by atoms with Gasteiger partial charge in [0.05, 0.1) is 16.3 Å². The lowest BCUT2D eigenvalue weighted by atomic mass is 9.85. The van der Waals surface area contributed by atoms with Crippen LogP contribution < -0.4 is 20.5 Å². The quantitative estimate of drug-likeness (QED) is 0.354. The van der Waals surface area contributed by atoms with Gasteiger partial charge in [0, 0.05) is 62.9 Å². The van der Waals surface area contributed by atoms with E-state index in [-0.39, 0.29) is 40.4 Å². The minimum atomic E-state index is -4.68. The molecule has 2 aromatic rings. The lowest BCUT2D eigenvalue weighted by Gasteiger charge is -2.45. The number of nitrogens with one attached hydrogen (secondary N) is 2. The Balaban J connectivity index is 1.36. The van der Waals surface area contributed by atoms with Gasteiger partial charge in [-0.3, -0.25) is 9.59 Å². The highest BCUT2D eigenvalue weighted by atomic mass is 35.5. The molecule has 1 saturated carbocycles. The van der Waals surface area contributed by atoms with Crippen molar-refractivity contribution in [2.45, 2.75) is 90.2 Å². The van der Waals surface area contributed by atoms with Gasteiger partial charge in [-0.25, -0.2) is 0 Å². The lowest BCUT2D eigenvalue weighted by molar-refractivity contribution is -0.141. The third kappa shape index (κ3) is 7.37. The molecule has 0 unspecified atom stereocenters. The van der Waals surface area contributed by atoms with E-state index < -0.39 is 23.3 Å². The number of rotatable bonds is 9. The summed E-state index contributed by atoms with van der Waals surface area (Å²) in [7, 11) is 0. The number of aryl methyl sites for hydroxylation is 1. The van der Waals surface area contributed by atoms with Crippen LogP contribution in [0.25, 0.3) is 0 Å². The van der Waals surface area contributed by atoms with E-state index in [9.17, 15) is 22.8 Å². The second kappa shape index (κ2) is 13.7. The molecule has 1 aromatic carbocycles. The maximum absolute atomic E-state index is 13.5. The summed E-state index contributed by atoms with van der Waals surface area (Å²) >= 11 is 6.92. The Morgan fingerprint density at radius 1 is 1.16 bits per heavy atom. The zero-order valence-corrected chi connectivity index (χ0v) is 26.3. The van der Waals surface area contributed by atoms with Crippen molar-refractivity contribution in [2.24, 2.45) is 5.92 Å². The SMILES string of the molecule is CCN(c1cc(O[C@H]2C[C@H](N3CCC(C)CC3)C2)cc(C(=O)NCc2c(C)cc(C(F)(F)F)[nH]c2=O)c1Cl)C1CCOCC1. The number of ether oxygens (including phenoxy) is 2. The molecule has 2 saturated heterocycles. The molecule has 5 rings (SSSR count). The Morgan fingerprint density at radius 2 is 1.84 bits per heavy atom. The summed E-state index contributed by atoms with van der Waals surface area (Å²) in [4.78, 5) is 32.6. The number of anilines is 1. The van der Waals surface area contributed by atoms with Gasteiger partial charge >= 0.3 is 6.18 Å². The number of benzene rings is 1. The van der Waals surface area contributed by atoms with Crippen molar-refractivity contribution in [3.05, 3.63) is 56.0 Å². The highest BCUT2D eigenvalue weighted by Gasteiger charge is 2.37. The van der Waals surface area contributed by atoms with Crippen LogP contribution in [-0.4, -0.2) is 66.8 Å². The van der Waals surface area contributed by atoms with Crippen LogP contribution in [0.3, 0.4) is 0 Å². The van der Waals surface area contributed by atoms with Crippen molar-refractivity contribution in [2.75, 3.05) is 37.7 Å². The highest BCUT2D eigenvalue weighted by molar-refractivity contribution is 6.36. The number of H-pyrrole nitrogens is 1. The van der Waals surface area contributed by atoms with Crippen molar-refractivity contribution in [1.29, 1.82) is 0 Å². The molecule has 1 aromatic heterocycles. The molecule has 1 amide bonds. The first-order valence-electron chi connectivity index (χ1n) is 15.6. The summed E-state index contributed by atoms with van der Waals surface area (Å²) in [6.45, 7) is 9.67. The third-order valence-electron chi connectivity index (χ3n) is 9.35. The van der Waals surface area contributed by atoms with Gasteiger partial charge in [0.1, 0.15) is 17.5 Å². The first-order valence-corrected chi connectivity index (χ1v) is 16.0. The molecule has 3 heterocycles. The summed E-state index contributed by atoms with van der Waals surface area (Å²) < 4.78 is 51.4. The van der Waals surface area contributed by atoms with E-state index >= 15 is 0 Å². The second-order valence-corrected chi connectivity index (χ2v) is 12.7. The summed E-state index contributed by atoms with van der Waals surface area (Å²) in [5.41, 5.74) is -0.987. The van der Waals surface area contributed by atoms with E-state index in [1.807, 2.05) is 18.0 Å². The van der Waals surface area contributed by atoms with Crippen LogP contribution in [0.2, 0.25) is 5.02 Å². The first kappa shape index (κ1) is 32.6. The van der Waals surface area contributed by atoms with Crippen molar-refractivity contribution >= 4 is 23.2 Å². The van der Waals surface area contributed by atoms with Crippen molar-refractivity contribution in [1.82, 2.24) is 15.2 Å². The number of amides is 1. The Labute approximate surface area is 261 Å². The van der Waals surface area contributed by atoms with Crippen LogP contribution in [0.1, 0.15) is 79.6 Å². The molecule has 3 fully saturated rings. The second-order valence-electron chi connectivity index (χ2n) is 12.4. The standard InChI is InChI=1S/C32H42ClF3N4O4/c1-4-40(21-7-11-43-12-8-21)27-17-24(44-23-14-22(15-23)39-9-5-19(2)6-10-39)16-25(29(27)33)30(41)37-18-26-20(3)13-28(32(34,35)36)38-31(26)42/h13,16-17,19,21-23H,4-12,14-15,18H2,1-3H3,(H,37,41)(H,38,42)/t22-,23-. The number of carbonyl (C=O) groups is 1. The predicted molar refractivity (Wildman–Crippen MR) is 164 cm³/mol. The van der Waals surface area contributed by atoms with Gasteiger partial charge in [-0.05, 0) is 76.2 Å². The van der Waals surface area contributed by atoms with Crippen LogP contribution in [0, 0.1) is 12.8 Å².